The minimum atomic E-state index is -0.328. The monoisotopic (exact) mass is 286 g/mol. The lowest BCUT2D eigenvalue weighted by molar-refractivity contribution is 0.130. The fourth-order valence-electron chi connectivity index (χ4n) is 2.85. The minimum absolute atomic E-state index is 0.328. The Morgan fingerprint density at radius 3 is 2.33 bits per heavy atom. The van der Waals surface area contributed by atoms with Gasteiger partial charge in [-0.25, -0.2) is 0 Å². The van der Waals surface area contributed by atoms with E-state index in [1.165, 1.54) is 32.1 Å². The van der Waals surface area contributed by atoms with Gasteiger partial charge in [-0.3, -0.25) is 0 Å². The molecule has 1 aromatic rings. The summed E-state index contributed by atoms with van der Waals surface area (Å²) in [7, 11) is 0. The van der Waals surface area contributed by atoms with Gasteiger partial charge in [-0.2, -0.15) is 0 Å². The van der Waals surface area contributed by atoms with E-state index in [-0.39, 0.29) is 6.10 Å². The highest BCUT2D eigenvalue weighted by atomic mass is 35.5. The summed E-state index contributed by atoms with van der Waals surface area (Å²) in [5, 5.41) is 11.5. The molecule has 18 heavy (non-hydrogen) atoms. The molecule has 2 rings (SSSR count). The summed E-state index contributed by atoms with van der Waals surface area (Å²) in [5.74, 6) is 0.676. The quantitative estimate of drug-likeness (QED) is 0.837. The second-order valence-electron chi connectivity index (χ2n) is 5.30. The Morgan fingerprint density at radius 2 is 1.72 bits per heavy atom. The van der Waals surface area contributed by atoms with Gasteiger partial charge >= 0.3 is 0 Å². The molecular weight excluding hydrogens is 267 g/mol. The van der Waals surface area contributed by atoms with Crippen molar-refractivity contribution >= 4 is 23.2 Å². The number of aliphatic hydroxyl groups excluding tert-OH is 1. The molecule has 1 aliphatic rings. The lowest BCUT2D eigenvalue weighted by atomic mass is 9.84. The summed E-state index contributed by atoms with van der Waals surface area (Å²) in [4.78, 5) is 0. The molecule has 0 radical (unpaired) electrons. The van der Waals surface area contributed by atoms with E-state index in [1.807, 2.05) is 18.2 Å². The van der Waals surface area contributed by atoms with Crippen molar-refractivity contribution in [2.24, 2.45) is 5.92 Å². The van der Waals surface area contributed by atoms with Crippen LogP contribution in [0, 0.1) is 5.92 Å². The molecule has 100 valence electrons. The zero-order chi connectivity index (χ0) is 13.0. The van der Waals surface area contributed by atoms with E-state index in [2.05, 4.69) is 0 Å². The van der Waals surface area contributed by atoms with Crippen molar-refractivity contribution in [1.82, 2.24) is 0 Å². The van der Waals surface area contributed by atoms with Crippen LogP contribution >= 0.6 is 23.2 Å². The van der Waals surface area contributed by atoms with Crippen LogP contribution in [0.25, 0.3) is 0 Å². The van der Waals surface area contributed by atoms with Crippen molar-refractivity contribution in [2.45, 2.75) is 51.0 Å². The first-order valence-corrected chi connectivity index (χ1v) is 7.53. The van der Waals surface area contributed by atoms with Crippen LogP contribution in [0.1, 0.15) is 44.1 Å². The number of halogens is 2. The van der Waals surface area contributed by atoms with Crippen molar-refractivity contribution in [3.8, 4) is 0 Å². The molecule has 0 bridgehead atoms. The Labute approximate surface area is 119 Å². The molecule has 0 saturated heterocycles. The largest absolute Gasteiger partial charge is 0.393 e. The SMILES string of the molecule is OC(Cc1c(Cl)cccc1Cl)CC1CCCCC1. The van der Waals surface area contributed by atoms with E-state index in [4.69, 9.17) is 23.2 Å². The fraction of sp³-hybridized carbons (Fsp3) is 0.600. The van der Waals surface area contributed by atoms with Crippen LogP contribution in [0.15, 0.2) is 18.2 Å². The molecule has 0 amide bonds. The molecule has 1 fully saturated rings. The highest BCUT2D eigenvalue weighted by Gasteiger charge is 2.19. The zero-order valence-corrected chi connectivity index (χ0v) is 12.1. The number of hydrogen-bond donors (Lipinski definition) is 1. The number of hydrogen-bond acceptors (Lipinski definition) is 1. The second-order valence-corrected chi connectivity index (χ2v) is 6.11. The zero-order valence-electron chi connectivity index (χ0n) is 10.5. The van der Waals surface area contributed by atoms with Crippen molar-refractivity contribution < 1.29 is 5.11 Å². The highest BCUT2D eigenvalue weighted by molar-refractivity contribution is 6.35. The summed E-state index contributed by atoms with van der Waals surface area (Å²) in [6.45, 7) is 0. The summed E-state index contributed by atoms with van der Waals surface area (Å²) in [6, 6.07) is 5.49. The van der Waals surface area contributed by atoms with E-state index in [0.717, 1.165) is 12.0 Å². The maximum absolute atomic E-state index is 10.2. The van der Waals surface area contributed by atoms with Crippen molar-refractivity contribution in [2.75, 3.05) is 0 Å². The van der Waals surface area contributed by atoms with Gasteiger partial charge in [0.2, 0.25) is 0 Å². The Bertz CT molecular complexity index is 366. The molecule has 1 saturated carbocycles. The molecule has 1 N–H and O–H groups in total. The van der Waals surface area contributed by atoms with Crippen LogP contribution < -0.4 is 0 Å². The third-order valence-electron chi connectivity index (χ3n) is 3.83. The predicted molar refractivity (Wildman–Crippen MR) is 77.4 cm³/mol. The van der Waals surface area contributed by atoms with E-state index < -0.39 is 0 Å². The van der Waals surface area contributed by atoms with Crippen molar-refractivity contribution in [3.05, 3.63) is 33.8 Å². The second kappa shape index (κ2) is 6.79. The Kier molecular flexibility index (Phi) is 5.35. The van der Waals surface area contributed by atoms with E-state index >= 15 is 0 Å². The van der Waals surface area contributed by atoms with E-state index in [9.17, 15) is 5.11 Å². The standard InChI is InChI=1S/C15H20Cl2O/c16-14-7-4-8-15(17)13(14)10-12(18)9-11-5-2-1-3-6-11/h4,7-8,11-12,18H,1-3,5-6,9-10H2. The molecule has 3 heteroatoms. The lowest BCUT2D eigenvalue weighted by Crippen LogP contribution is -2.18. The minimum Gasteiger partial charge on any atom is -0.393 e. The van der Waals surface area contributed by atoms with Crippen LogP contribution in [-0.2, 0) is 6.42 Å². The molecule has 1 aliphatic carbocycles. The maximum atomic E-state index is 10.2. The molecule has 1 aromatic carbocycles. The van der Waals surface area contributed by atoms with Crippen LogP contribution in [0.3, 0.4) is 0 Å². The van der Waals surface area contributed by atoms with Crippen LogP contribution in [0.5, 0.6) is 0 Å². The topological polar surface area (TPSA) is 20.2 Å². The molecule has 0 aromatic heterocycles. The smallest absolute Gasteiger partial charge is 0.0584 e. The summed E-state index contributed by atoms with van der Waals surface area (Å²) < 4.78 is 0. The van der Waals surface area contributed by atoms with Gasteiger partial charge in [0.1, 0.15) is 0 Å². The number of benzene rings is 1. The highest BCUT2D eigenvalue weighted by Crippen LogP contribution is 2.30. The van der Waals surface area contributed by atoms with Gasteiger partial charge in [0.15, 0.2) is 0 Å². The third-order valence-corrected chi connectivity index (χ3v) is 4.54. The first-order valence-electron chi connectivity index (χ1n) is 6.77. The van der Waals surface area contributed by atoms with Crippen molar-refractivity contribution in [1.29, 1.82) is 0 Å². The molecule has 0 heterocycles. The van der Waals surface area contributed by atoms with Gasteiger partial charge < -0.3 is 5.11 Å². The predicted octanol–water partition coefficient (Wildman–Crippen LogP) is 4.87. The lowest BCUT2D eigenvalue weighted by Gasteiger charge is -2.24. The Hall–Kier alpha value is -0.240. The van der Waals surface area contributed by atoms with Crippen LogP contribution in [0.4, 0.5) is 0 Å². The first kappa shape index (κ1) is 14.2. The van der Waals surface area contributed by atoms with Gasteiger partial charge in [0.25, 0.3) is 0 Å². The molecule has 0 spiro atoms. The van der Waals surface area contributed by atoms with E-state index in [0.29, 0.717) is 22.4 Å². The van der Waals surface area contributed by atoms with Crippen molar-refractivity contribution in [3.63, 3.8) is 0 Å². The third kappa shape index (κ3) is 3.88. The average molecular weight is 287 g/mol. The molecule has 1 nitrogen and oxygen atoms in total. The molecule has 1 atom stereocenters. The summed E-state index contributed by atoms with van der Waals surface area (Å²) in [5.41, 5.74) is 0.879. The Morgan fingerprint density at radius 1 is 1.11 bits per heavy atom. The number of aliphatic hydroxyl groups is 1. The van der Waals surface area contributed by atoms with Gasteiger partial charge in [-0.05, 0) is 30.0 Å². The van der Waals surface area contributed by atoms with Crippen LogP contribution in [-0.4, -0.2) is 11.2 Å². The molecule has 0 aliphatic heterocycles. The number of rotatable bonds is 4. The van der Waals surface area contributed by atoms with Crippen LogP contribution in [0.2, 0.25) is 10.0 Å². The Balaban J connectivity index is 1.92. The van der Waals surface area contributed by atoms with E-state index in [1.54, 1.807) is 0 Å². The van der Waals surface area contributed by atoms with Gasteiger partial charge in [0, 0.05) is 16.5 Å². The average Bonchev–Trinajstić information content (AvgIpc) is 2.35. The molecule has 1 unspecified atom stereocenters. The summed E-state index contributed by atoms with van der Waals surface area (Å²) >= 11 is 12.2. The normalized spacial score (nSPS) is 18.8. The molecular formula is C15H20Cl2O. The van der Waals surface area contributed by atoms with Gasteiger partial charge in [0.05, 0.1) is 6.10 Å². The first-order chi connectivity index (χ1) is 8.66. The summed E-state index contributed by atoms with van der Waals surface area (Å²) in [6.07, 6.45) is 7.60. The fourth-order valence-corrected chi connectivity index (χ4v) is 3.41. The van der Waals surface area contributed by atoms with Gasteiger partial charge in [-0.1, -0.05) is 61.4 Å². The maximum Gasteiger partial charge on any atom is 0.0584 e. The van der Waals surface area contributed by atoms with Gasteiger partial charge in [-0.15, -0.1) is 0 Å².